The van der Waals surface area contributed by atoms with Gasteiger partial charge < -0.3 is 5.73 Å². The lowest BCUT2D eigenvalue weighted by Gasteiger charge is -2.17. The van der Waals surface area contributed by atoms with Crippen molar-refractivity contribution >= 4 is 23.4 Å². The monoisotopic (exact) mass is 370 g/mol. The van der Waals surface area contributed by atoms with Crippen molar-refractivity contribution in [3.63, 3.8) is 0 Å². The highest BCUT2D eigenvalue weighted by atomic mass is 16.2. The Morgan fingerprint density at radius 3 is 1.86 bits per heavy atom. The highest BCUT2D eigenvalue weighted by Gasteiger charge is 2.36. The summed E-state index contributed by atoms with van der Waals surface area (Å²) in [7, 11) is 0. The van der Waals surface area contributed by atoms with Gasteiger partial charge in [0.25, 0.3) is 11.8 Å². The predicted octanol–water partition coefficient (Wildman–Crippen LogP) is 3.30. The molecule has 1 unspecified atom stereocenters. The highest BCUT2D eigenvalue weighted by molar-refractivity contribution is 6.34. The molecule has 0 aliphatic carbocycles. The summed E-state index contributed by atoms with van der Waals surface area (Å²) in [6.45, 7) is 0. The van der Waals surface area contributed by atoms with Crippen molar-refractivity contribution in [2.45, 2.75) is 12.3 Å². The van der Waals surface area contributed by atoms with Gasteiger partial charge in [-0.15, -0.1) is 0 Å². The zero-order chi connectivity index (χ0) is 19.7. The number of carbonyl (C=O) groups is 3. The Balaban J connectivity index is 1.61. The second-order valence-corrected chi connectivity index (χ2v) is 6.73. The lowest BCUT2D eigenvalue weighted by molar-refractivity contribution is -0.119. The van der Waals surface area contributed by atoms with Gasteiger partial charge >= 0.3 is 0 Å². The van der Waals surface area contributed by atoms with Crippen LogP contribution in [0.4, 0.5) is 5.69 Å². The summed E-state index contributed by atoms with van der Waals surface area (Å²) in [5.41, 5.74) is 8.65. The van der Waals surface area contributed by atoms with Gasteiger partial charge in [-0.3, -0.25) is 14.4 Å². The molecule has 0 aromatic heterocycles. The normalized spacial score (nSPS) is 14.1. The first-order valence-corrected chi connectivity index (χ1v) is 8.97. The van der Waals surface area contributed by atoms with Gasteiger partial charge in [-0.1, -0.05) is 54.6 Å². The number of hydrogen-bond donors (Lipinski definition) is 1. The molecule has 2 N–H and O–H groups in total. The Labute approximate surface area is 162 Å². The molecule has 4 rings (SSSR count). The number of benzene rings is 3. The number of carbonyl (C=O) groups excluding carboxylic acids is 3. The van der Waals surface area contributed by atoms with Gasteiger partial charge in [-0.2, -0.15) is 0 Å². The van der Waals surface area contributed by atoms with Gasteiger partial charge in [-0.05, 0) is 41.8 Å². The highest BCUT2D eigenvalue weighted by Crippen LogP contribution is 2.30. The number of rotatable bonds is 5. The Morgan fingerprint density at radius 1 is 0.786 bits per heavy atom. The molecule has 28 heavy (non-hydrogen) atoms. The molecule has 3 aromatic carbocycles. The first-order valence-electron chi connectivity index (χ1n) is 8.97. The lowest BCUT2D eigenvalue weighted by atomic mass is 9.91. The molecular weight excluding hydrogens is 352 g/mol. The largest absolute Gasteiger partial charge is 0.369 e. The Kier molecular flexibility index (Phi) is 4.49. The van der Waals surface area contributed by atoms with Gasteiger partial charge in [0.1, 0.15) is 0 Å². The molecule has 1 heterocycles. The van der Waals surface area contributed by atoms with Crippen molar-refractivity contribution in [1.29, 1.82) is 0 Å². The van der Waals surface area contributed by atoms with Crippen molar-refractivity contribution in [1.82, 2.24) is 0 Å². The van der Waals surface area contributed by atoms with Gasteiger partial charge in [-0.25, -0.2) is 4.90 Å². The molecule has 3 aromatic rings. The lowest BCUT2D eigenvalue weighted by Crippen LogP contribution is -2.29. The third-order valence-electron chi connectivity index (χ3n) is 4.97. The summed E-state index contributed by atoms with van der Waals surface area (Å²) >= 11 is 0. The minimum Gasteiger partial charge on any atom is -0.369 e. The van der Waals surface area contributed by atoms with E-state index in [4.69, 9.17) is 5.73 Å². The van der Waals surface area contributed by atoms with Crippen molar-refractivity contribution in [3.05, 3.63) is 101 Å². The number of nitrogens with two attached hydrogens (primary N) is 1. The predicted molar refractivity (Wildman–Crippen MR) is 106 cm³/mol. The minimum atomic E-state index is -0.487. The molecule has 3 amide bonds. The molecule has 0 fully saturated rings. The summed E-state index contributed by atoms with van der Waals surface area (Å²) < 4.78 is 0. The van der Waals surface area contributed by atoms with Crippen LogP contribution >= 0.6 is 0 Å². The molecule has 5 nitrogen and oxygen atoms in total. The maximum atomic E-state index is 12.6. The maximum absolute atomic E-state index is 12.6. The van der Waals surface area contributed by atoms with E-state index in [-0.39, 0.29) is 11.8 Å². The number of anilines is 1. The van der Waals surface area contributed by atoms with E-state index in [9.17, 15) is 14.4 Å². The summed E-state index contributed by atoms with van der Waals surface area (Å²) in [6.07, 6.45) is 0.489. The topological polar surface area (TPSA) is 80.5 Å². The van der Waals surface area contributed by atoms with Crippen LogP contribution in [0.2, 0.25) is 0 Å². The van der Waals surface area contributed by atoms with Crippen molar-refractivity contribution in [2.75, 3.05) is 4.90 Å². The van der Waals surface area contributed by atoms with Gasteiger partial charge in [0, 0.05) is 0 Å². The molecule has 0 saturated carbocycles. The van der Waals surface area contributed by atoms with Crippen LogP contribution in [0.25, 0.3) is 0 Å². The van der Waals surface area contributed by atoms with Crippen LogP contribution in [0.5, 0.6) is 0 Å². The molecule has 0 radical (unpaired) electrons. The van der Waals surface area contributed by atoms with Crippen molar-refractivity contribution < 1.29 is 14.4 Å². The van der Waals surface area contributed by atoms with E-state index < -0.39 is 11.8 Å². The van der Waals surface area contributed by atoms with E-state index in [1.807, 2.05) is 30.3 Å². The van der Waals surface area contributed by atoms with Crippen LogP contribution in [-0.4, -0.2) is 17.7 Å². The van der Waals surface area contributed by atoms with Crippen LogP contribution in [0.3, 0.4) is 0 Å². The average Bonchev–Trinajstić information content (AvgIpc) is 2.98. The Bertz CT molecular complexity index is 1020. The summed E-state index contributed by atoms with van der Waals surface area (Å²) in [5.74, 6) is -1.59. The standard InChI is InChI=1S/C23H18N2O3/c24-21(26)20(14-15-6-2-1-3-7-15)16-10-12-17(13-11-16)25-22(27)18-8-4-5-9-19(18)23(25)28/h1-13,20H,14H2,(H2,24,26). The maximum Gasteiger partial charge on any atom is 0.266 e. The fraction of sp³-hybridized carbons (Fsp3) is 0.0870. The van der Waals surface area contributed by atoms with Gasteiger partial charge in [0.05, 0.1) is 22.7 Å². The number of primary amides is 1. The number of fused-ring (bicyclic) bond motifs is 1. The van der Waals surface area contributed by atoms with Crippen LogP contribution in [-0.2, 0) is 11.2 Å². The molecule has 138 valence electrons. The van der Waals surface area contributed by atoms with Crippen LogP contribution in [0.15, 0.2) is 78.9 Å². The van der Waals surface area contributed by atoms with Crippen molar-refractivity contribution in [2.24, 2.45) is 5.73 Å². The van der Waals surface area contributed by atoms with E-state index in [0.717, 1.165) is 16.0 Å². The molecule has 1 atom stereocenters. The molecule has 1 aliphatic heterocycles. The zero-order valence-electron chi connectivity index (χ0n) is 15.0. The molecule has 1 aliphatic rings. The molecule has 0 spiro atoms. The quantitative estimate of drug-likeness (QED) is 0.700. The van der Waals surface area contributed by atoms with E-state index in [1.54, 1.807) is 48.5 Å². The van der Waals surface area contributed by atoms with E-state index >= 15 is 0 Å². The first-order chi connectivity index (χ1) is 13.6. The molecule has 0 bridgehead atoms. The fourth-order valence-electron chi connectivity index (χ4n) is 3.51. The number of imide groups is 1. The second-order valence-electron chi connectivity index (χ2n) is 6.73. The van der Waals surface area contributed by atoms with Crippen LogP contribution in [0, 0.1) is 0 Å². The average molecular weight is 370 g/mol. The van der Waals surface area contributed by atoms with Gasteiger partial charge in [0.2, 0.25) is 5.91 Å². The van der Waals surface area contributed by atoms with Crippen LogP contribution in [0.1, 0.15) is 37.8 Å². The third-order valence-corrected chi connectivity index (χ3v) is 4.97. The minimum absolute atomic E-state index is 0.343. The van der Waals surface area contributed by atoms with E-state index in [0.29, 0.717) is 23.2 Å². The zero-order valence-corrected chi connectivity index (χ0v) is 15.0. The summed E-state index contributed by atoms with van der Waals surface area (Å²) in [5, 5.41) is 0. The number of hydrogen-bond acceptors (Lipinski definition) is 3. The smallest absolute Gasteiger partial charge is 0.266 e. The van der Waals surface area contributed by atoms with Crippen molar-refractivity contribution in [3.8, 4) is 0 Å². The number of amides is 3. The second kappa shape index (κ2) is 7.12. The van der Waals surface area contributed by atoms with E-state index in [1.165, 1.54) is 0 Å². The molecule has 5 heteroatoms. The van der Waals surface area contributed by atoms with E-state index in [2.05, 4.69) is 0 Å². The first kappa shape index (κ1) is 17.7. The summed E-state index contributed by atoms with van der Waals surface area (Å²) in [6, 6.07) is 23.3. The molecule has 0 saturated heterocycles. The van der Waals surface area contributed by atoms with Crippen LogP contribution < -0.4 is 10.6 Å². The molecular formula is C23H18N2O3. The third kappa shape index (κ3) is 3.07. The summed E-state index contributed by atoms with van der Waals surface area (Å²) in [4.78, 5) is 38.4. The SMILES string of the molecule is NC(=O)C(Cc1ccccc1)c1ccc(N2C(=O)c3ccccc3C2=O)cc1. The number of nitrogens with zero attached hydrogens (tertiary/aromatic N) is 1. The van der Waals surface area contributed by atoms with Gasteiger partial charge in [0.15, 0.2) is 0 Å². The Morgan fingerprint density at radius 2 is 1.32 bits per heavy atom. The Hall–Kier alpha value is -3.73. The fourth-order valence-corrected chi connectivity index (χ4v) is 3.51.